The number of amides is 2. The van der Waals surface area contributed by atoms with Crippen LogP contribution in [0, 0.1) is 0 Å². The molecule has 2 aromatic rings. The summed E-state index contributed by atoms with van der Waals surface area (Å²) < 4.78 is 3.90. The molecule has 2 aromatic heterocycles. The van der Waals surface area contributed by atoms with Crippen LogP contribution in [0.15, 0.2) is 39.0 Å². The number of hydroxylamine groups is 1. The Bertz CT molecular complexity index is 1320. The van der Waals surface area contributed by atoms with Gasteiger partial charge in [0.15, 0.2) is 23.0 Å². The average molecular weight is 613 g/mol. The number of thioether (sulfide) groups is 3. The minimum absolute atomic E-state index is 0.0309. The highest BCUT2D eigenvalue weighted by Crippen LogP contribution is 2.46. The molecule has 0 bridgehead atoms. The van der Waals surface area contributed by atoms with Crippen LogP contribution in [-0.4, -0.2) is 82.8 Å². The van der Waals surface area contributed by atoms with Crippen molar-refractivity contribution in [3.05, 3.63) is 40.5 Å². The molecule has 1 fully saturated rings. The first kappa shape index (κ1) is 28.9. The maximum atomic E-state index is 13.0. The summed E-state index contributed by atoms with van der Waals surface area (Å²) in [6.07, 6.45) is 3.33. The van der Waals surface area contributed by atoms with E-state index in [1.54, 1.807) is 30.2 Å². The van der Waals surface area contributed by atoms with Gasteiger partial charge in [0.2, 0.25) is 5.91 Å². The molecule has 2 amide bonds. The number of aromatic nitrogens is 3. The van der Waals surface area contributed by atoms with E-state index in [-0.39, 0.29) is 22.6 Å². The molecule has 1 saturated heterocycles. The number of nitrogens with two attached hydrogens (primary N) is 3. The van der Waals surface area contributed by atoms with Crippen LogP contribution in [0.25, 0.3) is 0 Å². The summed E-state index contributed by atoms with van der Waals surface area (Å²) in [5.41, 5.74) is 18.8. The first-order valence-electron chi connectivity index (χ1n) is 11.1. The number of carbonyl (C=O) groups excluding carboxylic acids is 2. The lowest BCUT2D eigenvalue weighted by atomic mass is 10.0. The van der Waals surface area contributed by atoms with E-state index in [2.05, 4.69) is 24.7 Å². The van der Waals surface area contributed by atoms with Gasteiger partial charge in [-0.25, -0.2) is 9.78 Å². The van der Waals surface area contributed by atoms with Crippen molar-refractivity contribution in [3.8, 4) is 0 Å². The second-order valence-corrected chi connectivity index (χ2v) is 12.1. The SMILES string of the molecule is NC(N)=NCCSCc1cnccc1SC1=C(C(=O)O)N2C(=O)[C@@H](NC(=O)C(NO)c3nsc(N)n3)[C@@H]2SC1. The summed E-state index contributed by atoms with van der Waals surface area (Å²) in [5.74, 6) is -1.01. The summed E-state index contributed by atoms with van der Waals surface area (Å²) in [4.78, 5) is 52.5. The number of hydrogen-bond acceptors (Lipinski definition) is 14. The van der Waals surface area contributed by atoms with Gasteiger partial charge in [0.1, 0.15) is 17.1 Å². The summed E-state index contributed by atoms with van der Waals surface area (Å²) >= 11 is 5.04. The van der Waals surface area contributed by atoms with Crippen molar-refractivity contribution in [2.75, 3.05) is 23.8 Å². The van der Waals surface area contributed by atoms with E-state index in [1.165, 1.54) is 28.4 Å². The number of β-lactam (4-membered cyclic amide) rings is 1. The molecule has 2 aliphatic heterocycles. The predicted octanol–water partition coefficient (Wildman–Crippen LogP) is -0.470. The van der Waals surface area contributed by atoms with Gasteiger partial charge in [-0.2, -0.15) is 21.6 Å². The lowest BCUT2D eigenvalue weighted by Crippen LogP contribution is -2.71. The van der Waals surface area contributed by atoms with Gasteiger partial charge in [0.05, 0.1) is 6.54 Å². The highest BCUT2D eigenvalue weighted by atomic mass is 32.2. The van der Waals surface area contributed by atoms with Gasteiger partial charge in [-0.15, -0.1) is 11.8 Å². The molecule has 2 aliphatic rings. The Kier molecular flexibility index (Phi) is 9.51. The molecule has 0 saturated carbocycles. The molecule has 208 valence electrons. The van der Waals surface area contributed by atoms with E-state index in [0.717, 1.165) is 22.0 Å². The Morgan fingerprint density at radius 2 is 2.15 bits per heavy atom. The third-order valence-electron chi connectivity index (χ3n) is 5.42. The van der Waals surface area contributed by atoms with Crippen LogP contribution in [0.2, 0.25) is 0 Å². The number of aliphatic carboxylic acids is 1. The quantitative estimate of drug-likeness (QED) is 0.0526. The number of fused-ring (bicyclic) bond motifs is 1. The number of aliphatic imine (C=N–C) groups is 1. The van der Waals surface area contributed by atoms with Crippen LogP contribution >= 0.6 is 46.8 Å². The molecule has 0 spiro atoms. The van der Waals surface area contributed by atoms with Gasteiger partial charge in [0, 0.05) is 51.0 Å². The lowest BCUT2D eigenvalue weighted by Gasteiger charge is -2.49. The zero-order chi connectivity index (χ0) is 28.1. The van der Waals surface area contributed by atoms with Crippen molar-refractivity contribution in [3.63, 3.8) is 0 Å². The van der Waals surface area contributed by atoms with Gasteiger partial charge in [-0.1, -0.05) is 11.8 Å². The molecule has 3 atom stereocenters. The standard InChI is InChI=1S/C20H24N10O5S4/c21-19(22)25-3-4-36-6-8-5-24-2-1-9(8)38-10-7-37-17-12(16(32)30(17)13(10)18(33)34)26-15(31)11(28-35)14-27-20(23)39-29-14/h1-2,5,11-12,17,28,35H,3-4,6-7H2,(H,26,31)(H,33,34)(H4,21,22,25)(H2,23,27,29)/t11?,12-,17+/m1/s1. The van der Waals surface area contributed by atoms with Crippen LogP contribution in [-0.2, 0) is 20.1 Å². The highest BCUT2D eigenvalue weighted by Gasteiger charge is 2.54. The number of anilines is 1. The summed E-state index contributed by atoms with van der Waals surface area (Å²) in [6.45, 7) is 0.473. The molecule has 4 heterocycles. The number of hydrogen-bond donors (Lipinski definition) is 7. The van der Waals surface area contributed by atoms with Gasteiger partial charge >= 0.3 is 5.97 Å². The Morgan fingerprint density at radius 1 is 1.36 bits per heavy atom. The Labute approximate surface area is 238 Å². The van der Waals surface area contributed by atoms with Crippen molar-refractivity contribution in [1.82, 2.24) is 30.0 Å². The van der Waals surface area contributed by atoms with E-state index in [1.807, 2.05) is 5.48 Å². The molecule has 0 aromatic carbocycles. The van der Waals surface area contributed by atoms with E-state index >= 15 is 0 Å². The zero-order valence-electron chi connectivity index (χ0n) is 20.0. The number of rotatable bonds is 12. The number of nitrogens with zero attached hydrogens (tertiary/aromatic N) is 5. The molecule has 39 heavy (non-hydrogen) atoms. The molecular weight excluding hydrogens is 589 g/mol. The van der Waals surface area contributed by atoms with Crippen molar-refractivity contribution >= 4 is 75.7 Å². The molecule has 1 unspecified atom stereocenters. The van der Waals surface area contributed by atoms with E-state index < -0.39 is 35.2 Å². The minimum Gasteiger partial charge on any atom is -0.477 e. The average Bonchev–Trinajstić information content (AvgIpc) is 3.33. The van der Waals surface area contributed by atoms with Crippen LogP contribution < -0.4 is 28.0 Å². The Hall–Kier alpha value is -3.10. The second-order valence-electron chi connectivity index (χ2n) is 7.97. The van der Waals surface area contributed by atoms with Gasteiger partial charge in [-0.05, 0) is 11.6 Å². The minimum atomic E-state index is -1.35. The first-order valence-corrected chi connectivity index (χ1v) is 14.9. The molecule has 4 rings (SSSR count). The van der Waals surface area contributed by atoms with Crippen LogP contribution in [0.1, 0.15) is 17.4 Å². The molecular formula is C20H24N10O5S4. The summed E-state index contributed by atoms with van der Waals surface area (Å²) in [7, 11) is 0. The Balaban J connectivity index is 1.46. The Morgan fingerprint density at radius 3 is 2.82 bits per heavy atom. The van der Waals surface area contributed by atoms with Crippen molar-refractivity contribution in [1.29, 1.82) is 0 Å². The smallest absolute Gasteiger partial charge is 0.353 e. The number of nitrogen functional groups attached to an aromatic ring is 1. The summed E-state index contributed by atoms with van der Waals surface area (Å²) in [6, 6.07) is -0.549. The number of nitrogens with one attached hydrogen (secondary N) is 2. The highest BCUT2D eigenvalue weighted by molar-refractivity contribution is 8.06. The largest absolute Gasteiger partial charge is 0.477 e. The van der Waals surface area contributed by atoms with Crippen LogP contribution in [0.5, 0.6) is 0 Å². The van der Waals surface area contributed by atoms with Gasteiger partial charge in [-0.3, -0.25) is 24.5 Å². The van der Waals surface area contributed by atoms with Crippen molar-refractivity contribution < 1.29 is 24.7 Å². The van der Waals surface area contributed by atoms with E-state index in [0.29, 0.717) is 28.7 Å². The molecule has 0 aliphatic carbocycles. The lowest BCUT2D eigenvalue weighted by molar-refractivity contribution is -0.151. The van der Waals surface area contributed by atoms with Gasteiger partial charge in [0.25, 0.3) is 5.91 Å². The number of pyridine rings is 1. The molecule has 19 heteroatoms. The number of carboxylic acids is 1. The maximum Gasteiger partial charge on any atom is 0.353 e. The fraction of sp³-hybridized carbons (Fsp3) is 0.350. The van der Waals surface area contributed by atoms with Crippen molar-refractivity contribution in [2.24, 2.45) is 16.5 Å². The second kappa shape index (κ2) is 12.8. The summed E-state index contributed by atoms with van der Waals surface area (Å²) in [5, 5.41) is 21.5. The zero-order valence-corrected chi connectivity index (χ0v) is 23.3. The normalized spacial score (nSPS) is 19.2. The van der Waals surface area contributed by atoms with E-state index in [9.17, 15) is 24.7 Å². The third kappa shape index (κ3) is 6.56. The first-order chi connectivity index (χ1) is 18.7. The van der Waals surface area contributed by atoms with Gasteiger partial charge < -0.3 is 32.8 Å². The van der Waals surface area contributed by atoms with Crippen LogP contribution in [0.3, 0.4) is 0 Å². The molecule has 10 N–H and O–H groups in total. The number of carboxylic acid groups (broad SMARTS) is 1. The predicted molar refractivity (Wildman–Crippen MR) is 149 cm³/mol. The number of guanidine groups is 1. The molecule has 0 radical (unpaired) electrons. The third-order valence-corrected chi connectivity index (χ3v) is 9.63. The van der Waals surface area contributed by atoms with Crippen LogP contribution in [0.4, 0.5) is 5.13 Å². The molecule has 15 nitrogen and oxygen atoms in total. The maximum absolute atomic E-state index is 13.0. The number of carbonyl (C=O) groups is 3. The fourth-order valence-corrected chi connectivity index (χ4v) is 7.62. The monoisotopic (exact) mass is 612 g/mol. The van der Waals surface area contributed by atoms with E-state index in [4.69, 9.17) is 17.2 Å². The topological polar surface area (TPSA) is 248 Å². The fourth-order valence-electron chi connectivity index (χ4n) is 3.68. The van der Waals surface area contributed by atoms with Crippen molar-refractivity contribution in [2.45, 2.75) is 28.1 Å².